The zero-order valence-electron chi connectivity index (χ0n) is 10.8. The maximum absolute atomic E-state index is 9.87. The third kappa shape index (κ3) is 2.03. The van der Waals surface area contributed by atoms with Gasteiger partial charge in [-0.15, -0.1) is 0 Å². The largest absolute Gasteiger partial charge is 0.394 e. The van der Waals surface area contributed by atoms with Gasteiger partial charge < -0.3 is 25.8 Å². The summed E-state index contributed by atoms with van der Waals surface area (Å²) in [5.74, 6) is -0.186. The lowest BCUT2D eigenvalue weighted by atomic mass is 10.1. The van der Waals surface area contributed by atoms with Crippen LogP contribution >= 0.6 is 0 Å². The van der Waals surface area contributed by atoms with Crippen molar-refractivity contribution in [2.45, 2.75) is 24.5 Å². The Kier molecular flexibility index (Phi) is 2.48. The number of rotatable bonds is 2. The van der Waals surface area contributed by atoms with Gasteiger partial charge in [-0.25, -0.2) is 4.99 Å². The molecule has 0 bridgehead atoms. The molecule has 0 radical (unpaired) electrons. The number of nitrogens with zero attached hydrogens (tertiary/aromatic N) is 3. The molecule has 1 fully saturated rings. The molecule has 5 N–H and O–H groups in total. The Bertz CT molecular complexity index is 471. The molecule has 2 heterocycles. The van der Waals surface area contributed by atoms with Crippen LogP contribution in [0.5, 0.6) is 0 Å². The Hall–Kier alpha value is -1.48. The molecule has 1 unspecified atom stereocenters. The number of ether oxygens (including phenoxy) is 1. The summed E-state index contributed by atoms with van der Waals surface area (Å²) in [6.45, 7) is 2.71. The number of amidine groups is 1. The van der Waals surface area contributed by atoms with Crippen molar-refractivity contribution in [2.24, 2.45) is 15.7 Å². The monoisotopic (exact) mass is 244 g/mol. The molecule has 2 rings (SSSR count). The minimum atomic E-state index is -2.09. The molecule has 17 heavy (non-hydrogen) atoms. The van der Waals surface area contributed by atoms with Crippen LogP contribution in [0.15, 0.2) is 22.4 Å². The van der Waals surface area contributed by atoms with Crippen molar-refractivity contribution in [1.29, 1.82) is 0 Å². The summed E-state index contributed by atoms with van der Waals surface area (Å²) in [6, 6.07) is 0. The van der Waals surface area contributed by atoms with Crippen LogP contribution in [-0.4, -0.2) is 63.6 Å². The maximum Gasteiger partial charge on any atom is 0.223 e. The van der Waals surface area contributed by atoms with Gasteiger partial charge in [0, 0.05) is 0 Å². The molecule has 2 aliphatic rings. The van der Waals surface area contributed by atoms with Gasteiger partial charge in [0.25, 0.3) is 0 Å². The van der Waals surface area contributed by atoms with Gasteiger partial charge in [-0.2, -0.15) is 4.99 Å². The Morgan fingerprint density at radius 2 is 2.35 bits per heavy atom. The zero-order chi connectivity index (χ0) is 14.4. The summed E-state index contributed by atoms with van der Waals surface area (Å²) in [4.78, 5) is 8.27. The molecule has 8 nitrogen and oxygen atoms in total. The molecule has 2 aliphatic heterocycles. The SMILES string of the molecule is [2H]C1=NC(N)=NC(=C)N1[C@@H]1O[C@]([2H])(CO)C(O)[C@@H]1O. The third-order valence-corrected chi connectivity index (χ3v) is 2.42. The second-order valence-electron chi connectivity index (χ2n) is 3.54. The summed E-state index contributed by atoms with van der Waals surface area (Å²) in [6.07, 6.45) is -6.97. The number of nitrogens with two attached hydrogens (primary N) is 1. The normalized spacial score (nSPS) is 44.1. The predicted octanol–water partition coefficient (Wildman–Crippen LogP) is -2.44. The molecular formula is C9H14N4O4. The van der Waals surface area contributed by atoms with Crippen LogP contribution in [0.3, 0.4) is 0 Å². The van der Waals surface area contributed by atoms with Crippen molar-refractivity contribution in [3.05, 3.63) is 12.4 Å². The van der Waals surface area contributed by atoms with E-state index in [2.05, 4.69) is 16.6 Å². The van der Waals surface area contributed by atoms with E-state index in [-0.39, 0.29) is 11.8 Å². The number of aliphatic hydroxyl groups excluding tert-OH is 3. The van der Waals surface area contributed by atoms with E-state index < -0.39 is 37.4 Å². The average molecular weight is 244 g/mol. The lowest BCUT2D eigenvalue weighted by Gasteiger charge is -2.29. The smallest absolute Gasteiger partial charge is 0.223 e. The molecule has 0 aromatic carbocycles. The number of hydrogen-bond acceptors (Lipinski definition) is 8. The molecule has 8 heteroatoms. The van der Waals surface area contributed by atoms with Crippen molar-refractivity contribution in [2.75, 3.05) is 6.61 Å². The molecule has 0 spiro atoms. The Morgan fingerprint density at radius 1 is 1.65 bits per heavy atom. The van der Waals surface area contributed by atoms with Crippen LogP contribution < -0.4 is 5.73 Å². The first-order valence-electron chi connectivity index (χ1n) is 5.82. The highest BCUT2D eigenvalue weighted by Gasteiger charge is 2.45. The van der Waals surface area contributed by atoms with Gasteiger partial charge >= 0.3 is 0 Å². The van der Waals surface area contributed by atoms with E-state index in [1.165, 1.54) is 0 Å². The molecule has 0 amide bonds. The van der Waals surface area contributed by atoms with Crippen LogP contribution in [0.25, 0.3) is 0 Å². The van der Waals surface area contributed by atoms with Gasteiger partial charge in [0.1, 0.15) is 31.8 Å². The molecule has 0 saturated carbocycles. The molecule has 0 aromatic rings. The summed E-state index contributed by atoms with van der Waals surface area (Å²) < 4.78 is 20.4. The Labute approximate surface area is 100 Å². The fourth-order valence-electron chi connectivity index (χ4n) is 1.55. The fourth-order valence-corrected chi connectivity index (χ4v) is 1.55. The van der Waals surface area contributed by atoms with Crippen LogP contribution in [-0.2, 0) is 4.74 Å². The second-order valence-corrected chi connectivity index (χ2v) is 3.54. The summed E-state index contributed by atoms with van der Waals surface area (Å²) in [7, 11) is 0. The lowest BCUT2D eigenvalue weighted by molar-refractivity contribution is -0.0607. The number of hydrogen-bond donors (Lipinski definition) is 4. The summed E-state index contributed by atoms with van der Waals surface area (Å²) in [5.41, 5.74) is 5.34. The van der Waals surface area contributed by atoms with Crippen LogP contribution in [0.1, 0.15) is 2.74 Å². The van der Waals surface area contributed by atoms with Crippen molar-refractivity contribution in [3.8, 4) is 0 Å². The van der Waals surface area contributed by atoms with Gasteiger partial charge in [0.2, 0.25) is 5.96 Å². The first-order valence-corrected chi connectivity index (χ1v) is 4.82. The van der Waals surface area contributed by atoms with Crippen LogP contribution in [0, 0.1) is 0 Å². The summed E-state index contributed by atoms with van der Waals surface area (Å²) in [5, 5.41) is 28.6. The zero-order valence-corrected chi connectivity index (χ0v) is 8.82. The predicted molar refractivity (Wildman–Crippen MR) is 58.9 cm³/mol. The van der Waals surface area contributed by atoms with E-state index in [1.807, 2.05) is 0 Å². The van der Waals surface area contributed by atoms with E-state index in [9.17, 15) is 10.2 Å². The minimum Gasteiger partial charge on any atom is -0.394 e. The van der Waals surface area contributed by atoms with Crippen LogP contribution in [0.4, 0.5) is 0 Å². The highest BCUT2D eigenvalue weighted by Crippen LogP contribution is 2.26. The van der Waals surface area contributed by atoms with Gasteiger partial charge in [-0.05, 0) is 0 Å². The first kappa shape index (κ1) is 9.54. The number of aliphatic imine (C=N–C) groups is 2. The van der Waals surface area contributed by atoms with Gasteiger partial charge in [-0.3, -0.25) is 4.90 Å². The number of guanidine groups is 1. The average Bonchev–Trinajstić information content (AvgIpc) is 2.54. The fraction of sp³-hybridized carbons (Fsp3) is 0.556. The third-order valence-electron chi connectivity index (χ3n) is 2.42. The Morgan fingerprint density at radius 3 is 2.88 bits per heavy atom. The lowest BCUT2D eigenvalue weighted by Crippen LogP contribution is -2.44. The molecule has 4 atom stereocenters. The van der Waals surface area contributed by atoms with E-state index in [0.717, 1.165) is 4.90 Å². The van der Waals surface area contributed by atoms with E-state index in [4.69, 9.17) is 18.3 Å². The summed E-state index contributed by atoms with van der Waals surface area (Å²) >= 11 is 0. The highest BCUT2D eigenvalue weighted by atomic mass is 16.6. The van der Waals surface area contributed by atoms with Gasteiger partial charge in [-0.1, -0.05) is 6.58 Å². The van der Waals surface area contributed by atoms with Crippen molar-refractivity contribution in [1.82, 2.24) is 4.90 Å². The van der Waals surface area contributed by atoms with E-state index in [0.29, 0.717) is 0 Å². The van der Waals surface area contributed by atoms with Gasteiger partial charge in [0.15, 0.2) is 6.23 Å². The number of aliphatic hydroxyl groups is 3. The second kappa shape index (κ2) is 4.41. The van der Waals surface area contributed by atoms with Gasteiger partial charge in [0.05, 0.1) is 7.98 Å². The maximum atomic E-state index is 9.87. The molecule has 1 saturated heterocycles. The first-order chi connectivity index (χ1) is 8.80. The van der Waals surface area contributed by atoms with E-state index in [1.54, 1.807) is 0 Å². The topological polar surface area (TPSA) is 124 Å². The molecular weight excluding hydrogens is 228 g/mol. The molecule has 0 aromatic heterocycles. The van der Waals surface area contributed by atoms with Crippen LogP contribution in [0.2, 0.25) is 0 Å². The standard InChI is InChI=1S/C9H14N4O4/c1-4-12-9(10)11-3-13(4)8-7(16)6(15)5(2-14)17-8/h3,5-8,14-16H,1-2H2,(H2,10,12)/t5-,6?,7+,8-/m1/s1/i3D,5D. The van der Waals surface area contributed by atoms with E-state index >= 15 is 0 Å². The molecule has 94 valence electrons. The van der Waals surface area contributed by atoms with Crippen molar-refractivity contribution >= 4 is 12.3 Å². The molecule has 0 aliphatic carbocycles. The highest BCUT2D eigenvalue weighted by molar-refractivity contribution is 5.89. The minimum absolute atomic E-state index is 0.0176. The van der Waals surface area contributed by atoms with Crippen molar-refractivity contribution < 1.29 is 22.8 Å². The Balaban J connectivity index is 2.29. The van der Waals surface area contributed by atoms with Crippen molar-refractivity contribution in [3.63, 3.8) is 0 Å². The quantitative estimate of drug-likeness (QED) is 0.427.